The first-order chi connectivity index (χ1) is 8.79. The highest BCUT2D eigenvalue weighted by atomic mass is 79.9. The summed E-state index contributed by atoms with van der Waals surface area (Å²) in [5.74, 6) is -0.585. The summed E-state index contributed by atoms with van der Waals surface area (Å²) in [6, 6.07) is 2.86. The largest absolute Gasteiger partial charge is 0.416 e. The lowest BCUT2D eigenvalue weighted by atomic mass is 10.1. The zero-order valence-electron chi connectivity index (χ0n) is 9.68. The van der Waals surface area contributed by atoms with Crippen LogP contribution in [0.4, 0.5) is 17.6 Å². The molecule has 0 saturated carbocycles. The Bertz CT molecular complexity index is 503. The molecular formula is C12H10BrF4NO. The van der Waals surface area contributed by atoms with Crippen LogP contribution < -0.4 is 0 Å². The number of carbonyl (C=O) groups excluding carboxylic acids is 1. The van der Waals surface area contributed by atoms with Crippen LogP contribution in [0.3, 0.4) is 0 Å². The van der Waals surface area contributed by atoms with Gasteiger partial charge in [0.15, 0.2) is 0 Å². The number of rotatable bonds is 1. The summed E-state index contributed by atoms with van der Waals surface area (Å²) >= 11 is 3.05. The molecule has 1 heterocycles. The molecule has 1 aliphatic rings. The molecule has 1 saturated heterocycles. The fraction of sp³-hybridized carbons (Fsp3) is 0.417. The minimum absolute atomic E-state index is 0.0679. The van der Waals surface area contributed by atoms with Crippen molar-refractivity contribution in [2.75, 3.05) is 13.1 Å². The van der Waals surface area contributed by atoms with Crippen molar-refractivity contribution in [1.82, 2.24) is 4.90 Å². The molecule has 1 aliphatic heterocycles. The van der Waals surface area contributed by atoms with E-state index >= 15 is 0 Å². The first kappa shape index (κ1) is 14.3. The van der Waals surface area contributed by atoms with Gasteiger partial charge in [-0.15, -0.1) is 0 Å². The average Bonchev–Trinajstić information content (AvgIpc) is 2.74. The smallest absolute Gasteiger partial charge is 0.336 e. The minimum atomic E-state index is -4.51. The van der Waals surface area contributed by atoms with Crippen LogP contribution in [0.1, 0.15) is 22.3 Å². The number of amides is 1. The number of hydrogen-bond donors (Lipinski definition) is 0. The lowest BCUT2D eigenvalue weighted by Gasteiger charge is -2.17. The van der Waals surface area contributed by atoms with E-state index < -0.39 is 23.8 Å². The molecule has 0 aromatic heterocycles. The third kappa shape index (κ3) is 3.08. The zero-order valence-corrected chi connectivity index (χ0v) is 11.3. The normalized spacial score (nSPS) is 19.8. The van der Waals surface area contributed by atoms with Gasteiger partial charge in [-0.2, -0.15) is 13.2 Å². The first-order valence-corrected chi connectivity index (χ1v) is 6.38. The van der Waals surface area contributed by atoms with E-state index in [0.29, 0.717) is 0 Å². The van der Waals surface area contributed by atoms with E-state index in [9.17, 15) is 22.4 Å². The summed E-state index contributed by atoms with van der Waals surface area (Å²) < 4.78 is 51.1. The lowest BCUT2D eigenvalue weighted by molar-refractivity contribution is -0.137. The van der Waals surface area contributed by atoms with Crippen LogP contribution in [0.25, 0.3) is 0 Å². The summed E-state index contributed by atoms with van der Waals surface area (Å²) in [6.45, 7) is 0.157. The van der Waals surface area contributed by atoms with Crippen molar-refractivity contribution in [2.45, 2.75) is 18.8 Å². The van der Waals surface area contributed by atoms with Crippen molar-refractivity contribution in [3.05, 3.63) is 33.8 Å². The Kier molecular flexibility index (Phi) is 3.85. The van der Waals surface area contributed by atoms with Crippen molar-refractivity contribution < 1.29 is 22.4 Å². The van der Waals surface area contributed by atoms with Crippen LogP contribution in [0.15, 0.2) is 22.7 Å². The molecule has 104 valence electrons. The molecule has 0 aliphatic carbocycles. The van der Waals surface area contributed by atoms with E-state index in [2.05, 4.69) is 15.9 Å². The fourth-order valence-electron chi connectivity index (χ4n) is 1.94. The topological polar surface area (TPSA) is 20.3 Å². The number of carbonyl (C=O) groups is 1. The molecular weight excluding hydrogens is 330 g/mol. The van der Waals surface area contributed by atoms with Crippen molar-refractivity contribution in [3.63, 3.8) is 0 Å². The molecule has 1 aromatic rings. The number of alkyl halides is 4. The minimum Gasteiger partial charge on any atom is -0.336 e. The molecule has 2 nitrogen and oxygen atoms in total. The SMILES string of the molecule is O=C(c1cc(C(F)(F)F)ccc1Br)N1CCC(F)C1. The molecule has 19 heavy (non-hydrogen) atoms. The van der Waals surface area contributed by atoms with Gasteiger partial charge >= 0.3 is 6.18 Å². The maximum absolute atomic E-state index is 13.0. The predicted molar refractivity (Wildman–Crippen MR) is 64.6 cm³/mol. The molecule has 2 rings (SSSR count). The summed E-state index contributed by atoms with van der Waals surface area (Å²) in [7, 11) is 0. The maximum atomic E-state index is 13.0. The van der Waals surface area contributed by atoms with E-state index in [4.69, 9.17) is 0 Å². The Morgan fingerprint density at radius 3 is 2.58 bits per heavy atom. The van der Waals surface area contributed by atoms with Gasteiger partial charge in [0.2, 0.25) is 0 Å². The van der Waals surface area contributed by atoms with Gasteiger partial charge in [0, 0.05) is 11.0 Å². The second kappa shape index (κ2) is 5.11. The first-order valence-electron chi connectivity index (χ1n) is 5.59. The molecule has 1 unspecified atom stereocenters. The summed E-state index contributed by atoms with van der Waals surface area (Å²) in [4.78, 5) is 13.3. The van der Waals surface area contributed by atoms with Crippen LogP contribution in [-0.2, 0) is 6.18 Å². The standard InChI is InChI=1S/C12H10BrF4NO/c13-10-2-1-7(12(15,16)17)5-9(10)11(19)18-4-3-8(14)6-18/h1-2,5,8H,3-4,6H2. The quantitative estimate of drug-likeness (QED) is 0.715. The van der Waals surface area contributed by atoms with E-state index in [1.165, 1.54) is 11.0 Å². The van der Waals surface area contributed by atoms with Gasteiger partial charge in [0.25, 0.3) is 5.91 Å². The number of halogens is 5. The molecule has 0 spiro atoms. The van der Waals surface area contributed by atoms with Crippen LogP contribution in [0, 0.1) is 0 Å². The third-order valence-electron chi connectivity index (χ3n) is 2.94. The Balaban J connectivity index is 2.31. The van der Waals surface area contributed by atoms with Crippen LogP contribution in [0.5, 0.6) is 0 Å². The molecule has 0 N–H and O–H groups in total. The van der Waals surface area contributed by atoms with Gasteiger partial charge in [-0.3, -0.25) is 4.79 Å². The van der Waals surface area contributed by atoms with E-state index in [1.54, 1.807) is 0 Å². The van der Waals surface area contributed by atoms with Crippen molar-refractivity contribution in [1.29, 1.82) is 0 Å². The van der Waals surface area contributed by atoms with Crippen LogP contribution in [0.2, 0.25) is 0 Å². The van der Waals surface area contributed by atoms with E-state index in [0.717, 1.165) is 12.1 Å². The van der Waals surface area contributed by atoms with Gasteiger partial charge in [-0.25, -0.2) is 4.39 Å². The Morgan fingerprint density at radius 2 is 2.05 bits per heavy atom. The number of hydrogen-bond acceptors (Lipinski definition) is 1. The highest BCUT2D eigenvalue weighted by Crippen LogP contribution is 2.32. The highest BCUT2D eigenvalue weighted by Gasteiger charge is 2.33. The lowest BCUT2D eigenvalue weighted by Crippen LogP contribution is -2.29. The Labute approximate surface area is 115 Å². The molecule has 0 radical (unpaired) electrons. The molecule has 0 bridgehead atoms. The van der Waals surface area contributed by atoms with E-state index in [1.807, 2.05) is 0 Å². The number of benzene rings is 1. The van der Waals surface area contributed by atoms with Gasteiger partial charge in [-0.05, 0) is 40.5 Å². The fourth-order valence-corrected chi connectivity index (χ4v) is 2.35. The van der Waals surface area contributed by atoms with Crippen molar-refractivity contribution in [3.8, 4) is 0 Å². The average molecular weight is 340 g/mol. The summed E-state index contributed by atoms with van der Waals surface area (Å²) in [6.07, 6.45) is -5.39. The van der Waals surface area contributed by atoms with E-state index in [-0.39, 0.29) is 29.5 Å². The highest BCUT2D eigenvalue weighted by molar-refractivity contribution is 9.10. The van der Waals surface area contributed by atoms with Crippen molar-refractivity contribution in [2.24, 2.45) is 0 Å². The zero-order chi connectivity index (χ0) is 14.2. The molecule has 1 fully saturated rings. The van der Waals surface area contributed by atoms with Gasteiger partial charge in [0.05, 0.1) is 17.7 Å². The van der Waals surface area contributed by atoms with Crippen LogP contribution in [-0.4, -0.2) is 30.1 Å². The monoisotopic (exact) mass is 339 g/mol. The number of likely N-dealkylation sites (tertiary alicyclic amines) is 1. The predicted octanol–water partition coefficient (Wildman–Crippen LogP) is 3.65. The number of nitrogens with zero attached hydrogens (tertiary/aromatic N) is 1. The van der Waals surface area contributed by atoms with Gasteiger partial charge < -0.3 is 4.90 Å². The molecule has 1 aromatic carbocycles. The van der Waals surface area contributed by atoms with Gasteiger partial charge in [0.1, 0.15) is 6.17 Å². The maximum Gasteiger partial charge on any atom is 0.416 e. The Hall–Kier alpha value is -1.11. The van der Waals surface area contributed by atoms with Crippen molar-refractivity contribution >= 4 is 21.8 Å². The molecule has 1 atom stereocenters. The Morgan fingerprint density at radius 1 is 1.37 bits per heavy atom. The van der Waals surface area contributed by atoms with Gasteiger partial charge in [-0.1, -0.05) is 0 Å². The summed E-state index contributed by atoms with van der Waals surface area (Å²) in [5.41, 5.74) is -0.987. The third-order valence-corrected chi connectivity index (χ3v) is 3.63. The van der Waals surface area contributed by atoms with Crippen LogP contribution >= 0.6 is 15.9 Å². The molecule has 1 amide bonds. The molecule has 7 heteroatoms. The summed E-state index contributed by atoms with van der Waals surface area (Å²) in [5, 5.41) is 0. The second-order valence-corrected chi connectivity index (χ2v) is 5.18. The second-order valence-electron chi connectivity index (χ2n) is 4.33.